The molecule has 0 N–H and O–H groups in total. The van der Waals surface area contributed by atoms with Gasteiger partial charge in [-0.2, -0.15) is 0 Å². The molecule has 0 bridgehead atoms. The van der Waals surface area contributed by atoms with Crippen LogP contribution in [0.25, 0.3) is 0 Å². The molecule has 32 heavy (non-hydrogen) atoms. The molecule has 0 aromatic heterocycles. The topological polar surface area (TPSA) is 18.5 Å². The van der Waals surface area contributed by atoms with Crippen LogP contribution in [0.3, 0.4) is 0 Å². The molecule has 0 amide bonds. The fourth-order valence-corrected chi connectivity index (χ4v) is 10.3. The third-order valence-corrected chi connectivity index (χ3v) is 14.2. The first-order valence-corrected chi connectivity index (χ1v) is 17.2. The van der Waals surface area contributed by atoms with Crippen molar-refractivity contribution in [3.05, 3.63) is 75.9 Å². The molecule has 0 unspecified atom stereocenters. The number of hydrogen-bond acceptors (Lipinski definition) is 2. The fourth-order valence-electron chi connectivity index (χ4n) is 4.21. The lowest BCUT2D eigenvalue weighted by atomic mass is 9.80. The summed E-state index contributed by atoms with van der Waals surface area (Å²) >= 11 is 0. The van der Waals surface area contributed by atoms with E-state index in [1.807, 2.05) is 36.5 Å². The summed E-state index contributed by atoms with van der Waals surface area (Å²) in [6.07, 6.45) is 15.3. The van der Waals surface area contributed by atoms with E-state index in [0.717, 1.165) is 62.3 Å². The Bertz CT molecular complexity index is 499. The Balaban J connectivity index is 5.89. The first-order valence-electron chi connectivity index (χ1n) is 12.2. The second-order valence-electron chi connectivity index (χ2n) is 9.69. The van der Waals surface area contributed by atoms with Crippen molar-refractivity contribution in [2.75, 3.05) is 13.2 Å². The van der Waals surface area contributed by atoms with Crippen LogP contribution in [-0.2, 0) is 8.85 Å². The first kappa shape index (κ1) is 30.8. The highest BCUT2D eigenvalue weighted by atomic mass is 28.4. The summed E-state index contributed by atoms with van der Waals surface area (Å²) in [7, 11) is -4.09. The van der Waals surface area contributed by atoms with Gasteiger partial charge in [-0.15, -0.1) is 39.5 Å². The first-order chi connectivity index (χ1) is 15.3. The molecule has 0 aliphatic rings. The van der Waals surface area contributed by atoms with Crippen molar-refractivity contribution in [2.45, 2.75) is 76.3 Å². The zero-order chi connectivity index (χ0) is 24.5. The molecule has 4 heteroatoms. The largest absolute Gasteiger partial charge is 0.415 e. The summed E-state index contributed by atoms with van der Waals surface area (Å²) < 4.78 is 13.8. The molecule has 0 saturated heterocycles. The summed E-state index contributed by atoms with van der Waals surface area (Å²) in [5, 5.41) is 0. The predicted molar refractivity (Wildman–Crippen MR) is 150 cm³/mol. The van der Waals surface area contributed by atoms with Gasteiger partial charge in [0.15, 0.2) is 0 Å². The Morgan fingerprint density at radius 3 is 1.19 bits per heavy atom. The molecule has 0 aromatic rings. The van der Waals surface area contributed by atoms with Crippen molar-refractivity contribution < 1.29 is 8.85 Å². The molecule has 0 atom stereocenters. The molecule has 0 rings (SSSR count). The quantitative estimate of drug-likeness (QED) is 0.115. The fraction of sp³-hybridized carbons (Fsp3) is 0.571. The van der Waals surface area contributed by atoms with Crippen LogP contribution in [0.15, 0.2) is 75.9 Å². The molecule has 0 saturated carbocycles. The minimum atomic E-state index is -2.05. The van der Waals surface area contributed by atoms with Gasteiger partial charge in [-0.1, -0.05) is 63.6 Å². The smallest absolute Gasteiger partial charge is 0.203 e. The third kappa shape index (κ3) is 10.6. The van der Waals surface area contributed by atoms with E-state index in [1.54, 1.807) is 0 Å². The number of allylic oxidation sites excluding steroid dienone is 6. The van der Waals surface area contributed by atoms with Gasteiger partial charge in [-0.05, 0) is 55.0 Å². The molecular formula is C28H50O2Si2. The lowest BCUT2D eigenvalue weighted by Crippen LogP contribution is -2.46. The van der Waals surface area contributed by atoms with E-state index in [9.17, 15) is 0 Å². The van der Waals surface area contributed by atoms with Crippen LogP contribution < -0.4 is 0 Å². The van der Waals surface area contributed by atoms with Gasteiger partial charge < -0.3 is 8.85 Å². The Labute approximate surface area is 202 Å². The van der Waals surface area contributed by atoms with Gasteiger partial charge in [0.05, 0.1) is 0 Å². The second kappa shape index (κ2) is 16.4. The van der Waals surface area contributed by atoms with Crippen molar-refractivity contribution in [1.29, 1.82) is 0 Å². The van der Waals surface area contributed by atoms with Crippen LogP contribution in [0.4, 0.5) is 0 Å². The monoisotopic (exact) mass is 474 g/mol. The molecule has 0 fully saturated rings. The van der Waals surface area contributed by atoms with E-state index >= 15 is 0 Å². The van der Waals surface area contributed by atoms with E-state index in [4.69, 9.17) is 8.85 Å². The Morgan fingerprint density at radius 1 is 0.656 bits per heavy atom. The maximum absolute atomic E-state index is 6.88. The van der Waals surface area contributed by atoms with E-state index < -0.39 is 16.6 Å². The van der Waals surface area contributed by atoms with Gasteiger partial charge in [-0.25, -0.2) is 0 Å². The maximum atomic E-state index is 6.88. The normalized spacial score (nSPS) is 12.4. The number of rotatable bonds is 22. The van der Waals surface area contributed by atoms with E-state index in [1.165, 1.54) is 6.42 Å². The van der Waals surface area contributed by atoms with Gasteiger partial charge in [0.1, 0.15) is 0 Å². The molecule has 0 spiro atoms. The van der Waals surface area contributed by atoms with Crippen molar-refractivity contribution >= 4 is 16.6 Å². The third-order valence-electron chi connectivity index (χ3n) is 6.47. The Hall–Kier alpha value is -1.21. The minimum Gasteiger partial charge on any atom is -0.415 e. The Morgan fingerprint density at radius 2 is 0.969 bits per heavy atom. The molecule has 2 nitrogen and oxygen atoms in total. The highest BCUT2D eigenvalue weighted by Gasteiger charge is 2.39. The molecular weight excluding hydrogens is 424 g/mol. The average Bonchev–Trinajstić information content (AvgIpc) is 2.75. The van der Waals surface area contributed by atoms with Crippen LogP contribution in [-0.4, -0.2) is 29.8 Å². The highest BCUT2D eigenvalue weighted by molar-refractivity contribution is 6.75. The molecule has 0 aromatic carbocycles. The zero-order valence-electron chi connectivity index (χ0n) is 21.4. The van der Waals surface area contributed by atoms with Gasteiger partial charge in [0.2, 0.25) is 16.6 Å². The van der Waals surface area contributed by atoms with E-state index in [-0.39, 0.29) is 5.41 Å². The van der Waals surface area contributed by atoms with Crippen molar-refractivity contribution in [3.63, 3.8) is 0 Å². The van der Waals surface area contributed by atoms with Gasteiger partial charge >= 0.3 is 0 Å². The van der Waals surface area contributed by atoms with Crippen LogP contribution in [0.2, 0.25) is 36.3 Å². The zero-order valence-corrected chi connectivity index (χ0v) is 23.4. The highest BCUT2D eigenvalue weighted by Crippen LogP contribution is 2.37. The lowest BCUT2D eigenvalue weighted by Gasteiger charge is -2.41. The van der Waals surface area contributed by atoms with Crippen LogP contribution >= 0.6 is 0 Å². The van der Waals surface area contributed by atoms with Crippen molar-refractivity contribution in [1.82, 2.24) is 0 Å². The Kier molecular flexibility index (Phi) is 15.8. The molecule has 0 aliphatic carbocycles. The van der Waals surface area contributed by atoms with Gasteiger partial charge in [0, 0.05) is 18.6 Å². The summed E-state index contributed by atoms with van der Waals surface area (Å²) in [6.45, 7) is 32.3. The van der Waals surface area contributed by atoms with Crippen LogP contribution in [0, 0.1) is 11.3 Å². The van der Waals surface area contributed by atoms with E-state index in [0.29, 0.717) is 5.92 Å². The summed E-state index contributed by atoms with van der Waals surface area (Å²) in [5.74, 6) is 0.647. The lowest BCUT2D eigenvalue weighted by molar-refractivity contribution is 0.0524. The second-order valence-corrected chi connectivity index (χ2v) is 17.4. The van der Waals surface area contributed by atoms with Crippen LogP contribution in [0.1, 0.15) is 40.0 Å². The summed E-state index contributed by atoms with van der Waals surface area (Å²) in [4.78, 5) is 0. The molecule has 0 radical (unpaired) electrons. The number of hydrogen-bond donors (Lipinski definition) is 0. The standard InChI is InChI=1S/C28H50O2Si2/c1-10-19-31(20-11-2,21-12-3)29-25-28(16-7,18-17-27(8)9)26-30-32(22-13-4,23-14-5)24-15-6/h10-15,27H,1-6,16-26H2,7-9H3. The maximum Gasteiger partial charge on any atom is 0.203 e. The van der Waals surface area contributed by atoms with Crippen molar-refractivity contribution in [2.24, 2.45) is 11.3 Å². The average molecular weight is 475 g/mol. The van der Waals surface area contributed by atoms with Gasteiger partial charge in [-0.3, -0.25) is 0 Å². The molecule has 182 valence electrons. The molecule has 0 aliphatic heterocycles. The predicted octanol–water partition coefficient (Wildman–Crippen LogP) is 8.86. The van der Waals surface area contributed by atoms with Gasteiger partial charge in [0.25, 0.3) is 0 Å². The SMILES string of the molecule is C=CC[Si](CC=C)(CC=C)OCC(CC)(CCC(C)C)CO[Si](CC=C)(CC=C)CC=C. The summed E-state index contributed by atoms with van der Waals surface area (Å²) in [6, 6.07) is 5.49. The minimum absolute atomic E-state index is 0.00616. The van der Waals surface area contributed by atoms with Crippen LogP contribution in [0.5, 0.6) is 0 Å². The molecule has 0 heterocycles. The van der Waals surface area contributed by atoms with Crippen molar-refractivity contribution in [3.8, 4) is 0 Å². The summed E-state index contributed by atoms with van der Waals surface area (Å²) in [5.41, 5.74) is -0.00616. The van der Waals surface area contributed by atoms with E-state index in [2.05, 4.69) is 60.2 Å².